The summed E-state index contributed by atoms with van der Waals surface area (Å²) in [4.78, 5) is 22.4. The van der Waals surface area contributed by atoms with E-state index in [0.29, 0.717) is 31.9 Å². The average Bonchev–Trinajstić information content (AvgIpc) is 2.39. The van der Waals surface area contributed by atoms with Crippen LogP contribution in [0.1, 0.15) is 0 Å². The first-order valence-electron chi connectivity index (χ1n) is 5.48. The van der Waals surface area contributed by atoms with Crippen molar-refractivity contribution in [1.82, 2.24) is 5.32 Å². The van der Waals surface area contributed by atoms with Gasteiger partial charge < -0.3 is 10.2 Å². The summed E-state index contributed by atoms with van der Waals surface area (Å²) in [5.41, 5.74) is 0.0901. The third-order valence-corrected chi connectivity index (χ3v) is 2.82. The maximum Gasteiger partial charge on any atom is 0.293 e. The Hall–Kier alpha value is -2.22. The van der Waals surface area contributed by atoms with Gasteiger partial charge in [0.2, 0.25) is 0 Å². The summed E-state index contributed by atoms with van der Waals surface area (Å²) in [6.07, 6.45) is 0. The topological polar surface area (TPSA) is 102 Å². The highest BCUT2D eigenvalue weighted by atomic mass is 16.6. The number of benzene rings is 1. The molecule has 18 heavy (non-hydrogen) atoms. The van der Waals surface area contributed by atoms with Crippen molar-refractivity contribution in [2.24, 2.45) is 0 Å². The number of anilines is 1. The monoisotopic (exact) mass is 252 g/mol. The maximum atomic E-state index is 10.9. The third-order valence-electron chi connectivity index (χ3n) is 2.82. The molecule has 0 aliphatic carbocycles. The van der Waals surface area contributed by atoms with E-state index in [2.05, 4.69) is 5.32 Å². The summed E-state index contributed by atoms with van der Waals surface area (Å²) < 4.78 is 0. The first kappa shape index (κ1) is 12.2. The maximum absolute atomic E-state index is 10.9. The van der Waals surface area contributed by atoms with Gasteiger partial charge in [0.15, 0.2) is 0 Å². The van der Waals surface area contributed by atoms with E-state index in [4.69, 9.17) is 0 Å². The van der Waals surface area contributed by atoms with Crippen molar-refractivity contribution in [2.45, 2.75) is 0 Å². The van der Waals surface area contributed by atoms with E-state index in [1.54, 1.807) is 4.90 Å². The van der Waals surface area contributed by atoms with Crippen LogP contribution in [0.2, 0.25) is 0 Å². The Labute approximate surface area is 103 Å². The number of hydrogen-bond donors (Lipinski definition) is 1. The summed E-state index contributed by atoms with van der Waals surface area (Å²) in [7, 11) is 0. The molecule has 1 aromatic carbocycles. The Bertz CT molecular complexity index is 485. The Kier molecular flexibility index (Phi) is 3.38. The van der Waals surface area contributed by atoms with Crippen LogP contribution in [0.4, 0.5) is 17.1 Å². The molecular formula is C10H12N4O4. The minimum atomic E-state index is -0.546. The fourth-order valence-corrected chi connectivity index (χ4v) is 1.94. The van der Waals surface area contributed by atoms with Gasteiger partial charge in [0.1, 0.15) is 5.69 Å². The molecule has 0 saturated carbocycles. The number of rotatable bonds is 3. The van der Waals surface area contributed by atoms with Gasteiger partial charge in [0.05, 0.1) is 9.85 Å². The van der Waals surface area contributed by atoms with Crippen LogP contribution in [0.25, 0.3) is 0 Å². The Morgan fingerprint density at radius 2 is 1.78 bits per heavy atom. The van der Waals surface area contributed by atoms with Crippen LogP contribution >= 0.6 is 0 Å². The van der Waals surface area contributed by atoms with Crippen molar-refractivity contribution in [3.05, 3.63) is 38.4 Å². The lowest BCUT2D eigenvalue weighted by molar-refractivity contribution is -0.388. The van der Waals surface area contributed by atoms with Crippen LogP contribution in [-0.2, 0) is 0 Å². The second-order valence-corrected chi connectivity index (χ2v) is 3.92. The highest BCUT2D eigenvalue weighted by Gasteiger charge is 2.23. The van der Waals surface area contributed by atoms with Gasteiger partial charge >= 0.3 is 0 Å². The Morgan fingerprint density at radius 1 is 1.11 bits per heavy atom. The fourth-order valence-electron chi connectivity index (χ4n) is 1.94. The molecule has 1 aromatic rings. The normalized spacial score (nSPS) is 15.4. The van der Waals surface area contributed by atoms with Crippen molar-refractivity contribution in [3.8, 4) is 0 Å². The van der Waals surface area contributed by atoms with Gasteiger partial charge in [0, 0.05) is 44.4 Å². The summed E-state index contributed by atoms with van der Waals surface area (Å²) >= 11 is 0. The van der Waals surface area contributed by atoms with Crippen molar-refractivity contribution in [3.63, 3.8) is 0 Å². The van der Waals surface area contributed by atoms with Crippen LogP contribution in [0, 0.1) is 20.2 Å². The van der Waals surface area contributed by atoms with Crippen molar-refractivity contribution in [1.29, 1.82) is 0 Å². The number of nitrogens with zero attached hydrogens (tertiary/aromatic N) is 3. The Morgan fingerprint density at radius 3 is 2.33 bits per heavy atom. The molecule has 1 heterocycles. The second-order valence-electron chi connectivity index (χ2n) is 3.92. The fraction of sp³-hybridized carbons (Fsp3) is 0.400. The van der Waals surface area contributed by atoms with Gasteiger partial charge in [-0.2, -0.15) is 0 Å². The minimum absolute atomic E-state index is 0.0949. The summed E-state index contributed by atoms with van der Waals surface area (Å²) in [6.45, 7) is 2.61. The average molecular weight is 252 g/mol. The van der Waals surface area contributed by atoms with E-state index in [9.17, 15) is 20.2 Å². The van der Waals surface area contributed by atoms with E-state index >= 15 is 0 Å². The highest BCUT2D eigenvalue weighted by molar-refractivity contribution is 5.67. The SMILES string of the molecule is O=[N+]([O-])c1ccc([N+](=O)[O-])c(N2CCNCC2)c1. The van der Waals surface area contributed by atoms with Crippen LogP contribution < -0.4 is 10.2 Å². The number of nitrogens with one attached hydrogen (secondary N) is 1. The first-order chi connectivity index (χ1) is 8.59. The molecule has 8 nitrogen and oxygen atoms in total. The molecule has 2 rings (SSSR count). The molecule has 1 aliphatic rings. The lowest BCUT2D eigenvalue weighted by atomic mass is 10.2. The zero-order valence-electron chi connectivity index (χ0n) is 9.54. The van der Waals surface area contributed by atoms with E-state index in [1.807, 2.05) is 0 Å². The van der Waals surface area contributed by atoms with Crippen molar-refractivity contribution >= 4 is 17.1 Å². The molecule has 0 spiro atoms. The molecule has 0 radical (unpaired) electrons. The number of nitro groups is 2. The lowest BCUT2D eigenvalue weighted by Gasteiger charge is -2.28. The quantitative estimate of drug-likeness (QED) is 0.633. The predicted molar refractivity (Wildman–Crippen MR) is 64.8 cm³/mol. The number of nitro benzene ring substituents is 2. The molecule has 1 saturated heterocycles. The third kappa shape index (κ3) is 2.38. The zero-order valence-corrected chi connectivity index (χ0v) is 9.54. The molecule has 0 unspecified atom stereocenters. The summed E-state index contributed by atoms with van der Waals surface area (Å²) in [6, 6.07) is 3.61. The van der Waals surface area contributed by atoms with E-state index in [0.717, 1.165) is 6.07 Å². The van der Waals surface area contributed by atoms with Gasteiger partial charge in [0.25, 0.3) is 11.4 Å². The van der Waals surface area contributed by atoms with E-state index in [1.165, 1.54) is 12.1 Å². The van der Waals surface area contributed by atoms with Crippen LogP contribution in [0.5, 0.6) is 0 Å². The number of piperazine rings is 1. The van der Waals surface area contributed by atoms with E-state index < -0.39 is 9.85 Å². The van der Waals surface area contributed by atoms with Crippen molar-refractivity contribution < 1.29 is 9.85 Å². The molecule has 1 fully saturated rings. The smallest absolute Gasteiger partial charge is 0.293 e. The summed E-state index contributed by atoms with van der Waals surface area (Å²) in [5.74, 6) is 0. The molecule has 96 valence electrons. The largest absolute Gasteiger partial charge is 0.363 e. The lowest BCUT2D eigenvalue weighted by Crippen LogP contribution is -2.43. The standard InChI is InChI=1S/C10H12N4O4/c15-13(16)8-1-2-9(14(17)18)10(7-8)12-5-3-11-4-6-12/h1-2,7,11H,3-6H2. The molecule has 1 N–H and O–H groups in total. The van der Waals surface area contributed by atoms with Crippen molar-refractivity contribution in [2.75, 3.05) is 31.1 Å². The van der Waals surface area contributed by atoms with Gasteiger partial charge in [-0.15, -0.1) is 0 Å². The molecule has 0 amide bonds. The zero-order chi connectivity index (χ0) is 13.1. The Balaban J connectivity index is 2.42. The summed E-state index contributed by atoms with van der Waals surface area (Å²) in [5, 5.41) is 24.8. The molecule has 0 aromatic heterocycles. The number of non-ortho nitro benzene ring substituents is 1. The molecule has 0 atom stereocenters. The van der Waals surface area contributed by atoms with Gasteiger partial charge in [-0.3, -0.25) is 20.2 Å². The molecule has 8 heteroatoms. The number of hydrogen-bond acceptors (Lipinski definition) is 6. The minimum Gasteiger partial charge on any atom is -0.363 e. The van der Waals surface area contributed by atoms with Crippen LogP contribution in [-0.4, -0.2) is 36.0 Å². The van der Waals surface area contributed by atoms with Crippen LogP contribution in [0.15, 0.2) is 18.2 Å². The van der Waals surface area contributed by atoms with Crippen LogP contribution in [0.3, 0.4) is 0 Å². The molecular weight excluding hydrogens is 240 g/mol. The second kappa shape index (κ2) is 4.96. The predicted octanol–water partition coefficient (Wildman–Crippen LogP) is 0.913. The van der Waals surface area contributed by atoms with Gasteiger partial charge in [-0.05, 0) is 0 Å². The van der Waals surface area contributed by atoms with Gasteiger partial charge in [-0.1, -0.05) is 0 Å². The highest BCUT2D eigenvalue weighted by Crippen LogP contribution is 2.32. The molecule has 0 bridgehead atoms. The molecule has 1 aliphatic heterocycles. The van der Waals surface area contributed by atoms with E-state index in [-0.39, 0.29) is 11.4 Å². The van der Waals surface area contributed by atoms with Gasteiger partial charge in [-0.25, -0.2) is 0 Å². The first-order valence-corrected chi connectivity index (χ1v) is 5.48.